The van der Waals surface area contributed by atoms with Crippen molar-refractivity contribution in [1.29, 1.82) is 0 Å². The van der Waals surface area contributed by atoms with Crippen LogP contribution in [0.15, 0.2) is 199 Å². The Hall–Kier alpha value is -6.98. The van der Waals surface area contributed by atoms with Crippen molar-refractivity contribution in [2.24, 2.45) is 10.9 Å². The Balaban J connectivity index is 1.07. The number of benzene rings is 6. The van der Waals surface area contributed by atoms with Crippen LogP contribution in [0.2, 0.25) is 0 Å². The summed E-state index contributed by atoms with van der Waals surface area (Å²) < 4.78 is 2.25. The van der Waals surface area contributed by atoms with Crippen LogP contribution in [0.5, 0.6) is 0 Å². The molecule has 1 N–H and O–H groups in total. The second-order valence-corrected chi connectivity index (χ2v) is 13.5. The molecule has 1 atom stereocenters. The summed E-state index contributed by atoms with van der Waals surface area (Å²) in [5.74, 6) is 1.15. The molecule has 2 aliphatic heterocycles. The number of rotatable bonds is 6. The van der Waals surface area contributed by atoms with E-state index in [4.69, 9.17) is 9.98 Å². The molecule has 0 bridgehead atoms. The lowest BCUT2D eigenvalue weighted by atomic mass is 9.82. The van der Waals surface area contributed by atoms with Crippen molar-refractivity contribution in [2.75, 3.05) is 10.2 Å². The standard InChI is InChI=1S/C48H35N5/c1-5-15-33(16-6-1)46-32-49-42-30-36(25-27-44(42)52(46)38-20-9-3-10-21-38)41-29-35-19-13-14-24-40(35)47(50-41)37-26-28-45-43(31-37)51-48(34-17-7-2-8-18-34)53(45)39-22-11-4-12-23-39/h1-18,20-32,35,49H,19H2. The fourth-order valence-corrected chi connectivity index (χ4v) is 7.73. The topological polar surface area (TPSA) is 45.4 Å². The zero-order chi connectivity index (χ0) is 35.1. The molecule has 0 saturated heterocycles. The average Bonchev–Trinajstić information content (AvgIpc) is 3.63. The van der Waals surface area contributed by atoms with Crippen LogP contribution >= 0.6 is 0 Å². The van der Waals surface area contributed by atoms with Gasteiger partial charge in [-0.1, -0.05) is 133 Å². The van der Waals surface area contributed by atoms with Crippen molar-refractivity contribution in [3.8, 4) is 17.1 Å². The van der Waals surface area contributed by atoms with Crippen LogP contribution in [0.3, 0.4) is 0 Å². The normalized spacial score (nSPS) is 16.2. The predicted molar refractivity (Wildman–Crippen MR) is 219 cm³/mol. The van der Waals surface area contributed by atoms with Gasteiger partial charge in [-0.3, -0.25) is 4.57 Å². The molecule has 53 heavy (non-hydrogen) atoms. The Labute approximate surface area is 308 Å². The smallest absolute Gasteiger partial charge is 0.145 e. The van der Waals surface area contributed by atoms with Gasteiger partial charge in [-0.25, -0.2) is 9.98 Å². The summed E-state index contributed by atoms with van der Waals surface area (Å²) in [5.41, 5.74) is 15.0. The van der Waals surface area contributed by atoms with E-state index in [0.29, 0.717) is 0 Å². The van der Waals surface area contributed by atoms with E-state index < -0.39 is 0 Å². The summed E-state index contributed by atoms with van der Waals surface area (Å²) in [4.78, 5) is 13.0. The summed E-state index contributed by atoms with van der Waals surface area (Å²) in [6.07, 6.45) is 12.0. The van der Waals surface area contributed by atoms with Crippen molar-refractivity contribution in [2.45, 2.75) is 6.42 Å². The second kappa shape index (κ2) is 13.0. The highest BCUT2D eigenvalue weighted by atomic mass is 15.2. The first-order chi connectivity index (χ1) is 26.3. The Morgan fingerprint density at radius 2 is 1.30 bits per heavy atom. The number of para-hydroxylation sites is 2. The zero-order valence-electron chi connectivity index (χ0n) is 29.0. The highest BCUT2D eigenvalue weighted by Crippen LogP contribution is 2.44. The molecule has 10 rings (SSSR count). The van der Waals surface area contributed by atoms with Gasteiger partial charge in [0.25, 0.3) is 0 Å². The molecule has 0 spiro atoms. The quantitative estimate of drug-likeness (QED) is 0.190. The maximum Gasteiger partial charge on any atom is 0.145 e. The maximum absolute atomic E-state index is 5.43. The second-order valence-electron chi connectivity index (χ2n) is 13.5. The lowest BCUT2D eigenvalue weighted by molar-refractivity contribution is 0.789. The molecule has 3 heterocycles. The van der Waals surface area contributed by atoms with Gasteiger partial charge in [-0.15, -0.1) is 0 Å². The first kappa shape index (κ1) is 30.8. The van der Waals surface area contributed by atoms with Crippen molar-refractivity contribution >= 4 is 45.2 Å². The van der Waals surface area contributed by atoms with Gasteiger partial charge < -0.3 is 10.2 Å². The van der Waals surface area contributed by atoms with E-state index in [1.807, 2.05) is 6.07 Å². The molecule has 5 heteroatoms. The van der Waals surface area contributed by atoms with Crippen molar-refractivity contribution in [1.82, 2.24) is 9.55 Å². The fraction of sp³-hybridized carbons (Fsp3) is 0.0417. The van der Waals surface area contributed by atoms with Gasteiger partial charge in [0.2, 0.25) is 0 Å². The minimum atomic E-state index is 0.231. The van der Waals surface area contributed by atoms with Gasteiger partial charge in [0.1, 0.15) is 5.82 Å². The van der Waals surface area contributed by atoms with Crippen LogP contribution in [0, 0.1) is 5.92 Å². The zero-order valence-corrected chi connectivity index (χ0v) is 29.0. The number of allylic oxidation sites excluding steroid dienone is 5. The molecule has 3 aliphatic rings. The third kappa shape index (κ3) is 5.51. The highest BCUT2D eigenvalue weighted by molar-refractivity contribution is 6.17. The Bertz CT molecular complexity index is 2650. The summed E-state index contributed by atoms with van der Waals surface area (Å²) in [6.45, 7) is 0. The predicted octanol–water partition coefficient (Wildman–Crippen LogP) is 11.6. The van der Waals surface area contributed by atoms with Crippen LogP contribution in [-0.4, -0.2) is 15.3 Å². The molecular weight excluding hydrogens is 647 g/mol. The minimum absolute atomic E-state index is 0.231. The summed E-state index contributed by atoms with van der Waals surface area (Å²) in [6, 6.07) is 55.3. The van der Waals surface area contributed by atoms with E-state index in [9.17, 15) is 0 Å². The largest absolute Gasteiger partial charge is 0.358 e. The third-order valence-electron chi connectivity index (χ3n) is 10.3. The van der Waals surface area contributed by atoms with E-state index in [1.54, 1.807) is 0 Å². The van der Waals surface area contributed by atoms with Gasteiger partial charge in [0.05, 0.1) is 39.5 Å². The van der Waals surface area contributed by atoms with Crippen LogP contribution in [-0.2, 0) is 0 Å². The van der Waals surface area contributed by atoms with E-state index in [2.05, 4.69) is 197 Å². The van der Waals surface area contributed by atoms with E-state index in [-0.39, 0.29) is 5.92 Å². The summed E-state index contributed by atoms with van der Waals surface area (Å²) in [5, 5.41) is 3.63. The minimum Gasteiger partial charge on any atom is -0.358 e. The van der Waals surface area contributed by atoms with Crippen molar-refractivity contribution < 1.29 is 0 Å². The lowest BCUT2D eigenvalue weighted by Gasteiger charge is -2.34. The Morgan fingerprint density at radius 3 is 2.06 bits per heavy atom. The fourth-order valence-electron chi connectivity index (χ4n) is 7.73. The molecule has 1 unspecified atom stereocenters. The summed E-state index contributed by atoms with van der Waals surface area (Å²) >= 11 is 0. The number of hydrogen-bond donors (Lipinski definition) is 1. The average molecular weight is 682 g/mol. The number of fused-ring (bicyclic) bond motifs is 3. The molecule has 0 radical (unpaired) electrons. The first-order valence-electron chi connectivity index (χ1n) is 18.1. The lowest BCUT2D eigenvalue weighted by Crippen LogP contribution is -2.21. The molecule has 1 aliphatic carbocycles. The van der Waals surface area contributed by atoms with Crippen molar-refractivity contribution in [3.05, 3.63) is 210 Å². The molecule has 5 nitrogen and oxygen atoms in total. The number of aromatic nitrogens is 2. The van der Waals surface area contributed by atoms with Gasteiger partial charge in [0.15, 0.2) is 0 Å². The monoisotopic (exact) mass is 681 g/mol. The highest BCUT2D eigenvalue weighted by Gasteiger charge is 2.28. The number of aliphatic imine (C=N–C) groups is 1. The maximum atomic E-state index is 5.43. The number of nitrogens with one attached hydrogen (secondary N) is 1. The molecule has 252 valence electrons. The molecule has 6 aromatic carbocycles. The van der Waals surface area contributed by atoms with Crippen LogP contribution in [0.1, 0.15) is 23.1 Å². The van der Waals surface area contributed by atoms with Gasteiger partial charge in [0, 0.05) is 40.2 Å². The van der Waals surface area contributed by atoms with Crippen LogP contribution < -0.4 is 10.2 Å². The van der Waals surface area contributed by atoms with E-state index >= 15 is 0 Å². The molecule has 0 amide bonds. The van der Waals surface area contributed by atoms with Crippen LogP contribution in [0.25, 0.3) is 39.5 Å². The molecule has 0 fully saturated rings. The Kier molecular flexibility index (Phi) is 7.54. The first-order valence-corrected chi connectivity index (χ1v) is 18.1. The van der Waals surface area contributed by atoms with Gasteiger partial charge >= 0.3 is 0 Å². The molecular formula is C48H35N5. The Morgan fingerprint density at radius 1 is 0.623 bits per heavy atom. The van der Waals surface area contributed by atoms with Gasteiger partial charge in [-0.2, -0.15) is 0 Å². The number of anilines is 3. The summed E-state index contributed by atoms with van der Waals surface area (Å²) in [7, 11) is 0. The molecule has 1 aromatic heterocycles. The number of nitrogens with zero attached hydrogens (tertiary/aromatic N) is 4. The van der Waals surface area contributed by atoms with Gasteiger partial charge in [-0.05, 0) is 66.1 Å². The van der Waals surface area contributed by atoms with Crippen LogP contribution in [0.4, 0.5) is 17.1 Å². The van der Waals surface area contributed by atoms with E-state index in [0.717, 1.165) is 85.4 Å². The molecule has 7 aromatic rings. The SMILES string of the molecule is C1=CCC2C=C(c3ccc4c(c3)NC=C(c3ccccc3)N4c3ccccc3)N=C(c3ccc4c(c3)nc(-c3ccccc3)n4-c3ccccc3)C2=C1. The van der Waals surface area contributed by atoms with Crippen molar-refractivity contribution in [3.63, 3.8) is 0 Å². The molecule has 0 saturated carbocycles. The van der Waals surface area contributed by atoms with E-state index in [1.165, 1.54) is 5.57 Å². The third-order valence-corrected chi connectivity index (χ3v) is 10.3. The number of imidazole rings is 1. The number of hydrogen-bond acceptors (Lipinski definition) is 4.